The molecule has 27 heavy (non-hydrogen) atoms. The van der Waals surface area contributed by atoms with Crippen LogP contribution in [-0.4, -0.2) is 16.1 Å². The molecule has 8 heteroatoms. The number of alkyl halides is 3. The van der Waals surface area contributed by atoms with Crippen LogP contribution in [0.25, 0.3) is 0 Å². The van der Waals surface area contributed by atoms with Crippen molar-refractivity contribution < 1.29 is 22.7 Å². The van der Waals surface area contributed by atoms with E-state index in [9.17, 15) is 18.0 Å². The highest BCUT2D eigenvalue weighted by molar-refractivity contribution is 6.04. The van der Waals surface area contributed by atoms with Gasteiger partial charge in [-0.05, 0) is 55.5 Å². The summed E-state index contributed by atoms with van der Waals surface area (Å²) in [6.07, 6.45) is -4.42. The molecule has 5 nitrogen and oxygen atoms in total. The number of aryl methyl sites for hydroxylation is 1. The van der Waals surface area contributed by atoms with E-state index in [0.717, 1.165) is 17.8 Å². The Morgan fingerprint density at radius 1 is 1.00 bits per heavy atom. The van der Waals surface area contributed by atoms with Crippen molar-refractivity contribution in [3.8, 4) is 11.6 Å². The average molecular weight is 373 g/mol. The summed E-state index contributed by atoms with van der Waals surface area (Å²) in [5.41, 5.74) is 0.498. The Kier molecular flexibility index (Phi) is 5.07. The summed E-state index contributed by atoms with van der Waals surface area (Å²) in [6, 6.07) is 13.9. The molecule has 3 aromatic rings. The van der Waals surface area contributed by atoms with Gasteiger partial charge in [0.1, 0.15) is 5.75 Å². The Morgan fingerprint density at radius 2 is 1.74 bits per heavy atom. The molecule has 1 heterocycles. The van der Waals surface area contributed by atoms with Gasteiger partial charge in [0.2, 0.25) is 5.88 Å². The summed E-state index contributed by atoms with van der Waals surface area (Å²) in [5, 5.41) is 10.3. The Bertz CT molecular complexity index is 940. The number of nitrogens with one attached hydrogen (secondary N) is 1. The molecule has 1 N–H and O–H groups in total. The van der Waals surface area contributed by atoms with Crippen LogP contribution in [0.5, 0.6) is 11.6 Å². The molecule has 0 bridgehead atoms. The smallest absolute Gasteiger partial charge is 0.416 e. The first-order valence-corrected chi connectivity index (χ1v) is 7.88. The highest BCUT2D eigenvalue weighted by atomic mass is 19.4. The van der Waals surface area contributed by atoms with E-state index < -0.39 is 17.6 Å². The molecule has 0 fully saturated rings. The van der Waals surface area contributed by atoms with E-state index in [1.165, 1.54) is 18.2 Å². The van der Waals surface area contributed by atoms with Crippen LogP contribution >= 0.6 is 0 Å². The number of amides is 1. The SMILES string of the molecule is Cc1ccc(Oc2cccc(C(=O)Nc3ccc(C(F)(F)F)cc3)c2)nn1. The van der Waals surface area contributed by atoms with Crippen molar-refractivity contribution in [3.05, 3.63) is 77.5 Å². The fraction of sp³-hybridized carbons (Fsp3) is 0.105. The van der Waals surface area contributed by atoms with Gasteiger partial charge < -0.3 is 10.1 Å². The van der Waals surface area contributed by atoms with Gasteiger partial charge in [-0.1, -0.05) is 6.07 Å². The largest absolute Gasteiger partial charge is 0.438 e. The third kappa shape index (κ3) is 4.81. The van der Waals surface area contributed by atoms with Gasteiger partial charge in [-0.2, -0.15) is 18.3 Å². The molecule has 0 aliphatic carbocycles. The minimum Gasteiger partial charge on any atom is -0.438 e. The topological polar surface area (TPSA) is 64.1 Å². The minimum absolute atomic E-state index is 0.253. The van der Waals surface area contributed by atoms with E-state index in [4.69, 9.17) is 4.74 Å². The van der Waals surface area contributed by atoms with Crippen molar-refractivity contribution in [1.29, 1.82) is 0 Å². The maximum absolute atomic E-state index is 12.6. The minimum atomic E-state index is -4.42. The van der Waals surface area contributed by atoms with Gasteiger partial charge in [-0.25, -0.2) is 0 Å². The Balaban J connectivity index is 1.70. The van der Waals surface area contributed by atoms with Crippen molar-refractivity contribution in [2.24, 2.45) is 0 Å². The van der Waals surface area contributed by atoms with Crippen molar-refractivity contribution in [3.63, 3.8) is 0 Å². The monoisotopic (exact) mass is 373 g/mol. The normalized spacial score (nSPS) is 11.1. The third-order valence-electron chi connectivity index (χ3n) is 3.56. The van der Waals surface area contributed by atoms with Gasteiger partial charge in [0.25, 0.3) is 5.91 Å². The zero-order valence-corrected chi connectivity index (χ0v) is 14.1. The molecule has 0 atom stereocenters. The molecule has 0 saturated heterocycles. The van der Waals surface area contributed by atoms with Gasteiger partial charge in [-0.15, -0.1) is 5.10 Å². The molecular weight excluding hydrogens is 359 g/mol. The second kappa shape index (κ2) is 7.45. The van der Waals surface area contributed by atoms with Crippen LogP contribution in [0, 0.1) is 6.92 Å². The zero-order chi connectivity index (χ0) is 19.4. The van der Waals surface area contributed by atoms with Crippen LogP contribution in [0.4, 0.5) is 18.9 Å². The first-order valence-electron chi connectivity index (χ1n) is 7.88. The van der Waals surface area contributed by atoms with Crippen molar-refractivity contribution >= 4 is 11.6 Å². The predicted molar refractivity (Wildman–Crippen MR) is 92.7 cm³/mol. The fourth-order valence-electron chi connectivity index (χ4n) is 2.21. The quantitative estimate of drug-likeness (QED) is 0.710. The van der Waals surface area contributed by atoms with Crippen molar-refractivity contribution in [2.45, 2.75) is 13.1 Å². The fourth-order valence-corrected chi connectivity index (χ4v) is 2.21. The summed E-state index contributed by atoms with van der Waals surface area (Å²) in [4.78, 5) is 12.3. The lowest BCUT2D eigenvalue weighted by molar-refractivity contribution is -0.137. The van der Waals surface area contributed by atoms with Gasteiger partial charge in [0, 0.05) is 17.3 Å². The number of hydrogen-bond donors (Lipinski definition) is 1. The maximum Gasteiger partial charge on any atom is 0.416 e. The molecular formula is C19H14F3N3O2. The van der Waals surface area contributed by atoms with Crippen molar-refractivity contribution in [2.75, 3.05) is 5.32 Å². The Labute approximate surface area is 152 Å². The second-order valence-corrected chi connectivity index (χ2v) is 5.67. The number of aromatic nitrogens is 2. The lowest BCUT2D eigenvalue weighted by Crippen LogP contribution is -2.12. The number of hydrogen-bond acceptors (Lipinski definition) is 4. The number of halogens is 3. The number of carbonyl (C=O) groups excluding carboxylic acids is 1. The molecule has 2 aromatic carbocycles. The number of anilines is 1. The van der Waals surface area contributed by atoms with Crippen LogP contribution in [0.15, 0.2) is 60.7 Å². The van der Waals surface area contributed by atoms with Gasteiger partial charge in [0.15, 0.2) is 0 Å². The zero-order valence-electron chi connectivity index (χ0n) is 14.1. The van der Waals surface area contributed by atoms with Crippen LogP contribution in [0.3, 0.4) is 0 Å². The number of carbonyl (C=O) groups is 1. The Morgan fingerprint density at radius 3 is 2.37 bits per heavy atom. The van der Waals surface area contributed by atoms with Crippen LogP contribution in [0.1, 0.15) is 21.6 Å². The highest BCUT2D eigenvalue weighted by Crippen LogP contribution is 2.30. The molecule has 0 radical (unpaired) electrons. The summed E-state index contributed by atoms with van der Waals surface area (Å²) in [5.74, 6) is 0.185. The summed E-state index contributed by atoms with van der Waals surface area (Å²) >= 11 is 0. The van der Waals surface area contributed by atoms with E-state index in [-0.39, 0.29) is 17.1 Å². The summed E-state index contributed by atoms with van der Waals surface area (Å²) in [6.45, 7) is 1.79. The third-order valence-corrected chi connectivity index (χ3v) is 3.56. The predicted octanol–water partition coefficient (Wildman–Crippen LogP) is 4.85. The lowest BCUT2D eigenvalue weighted by Gasteiger charge is -2.10. The lowest BCUT2D eigenvalue weighted by atomic mass is 10.1. The summed E-state index contributed by atoms with van der Waals surface area (Å²) < 4.78 is 43.3. The molecule has 0 unspecified atom stereocenters. The first-order chi connectivity index (χ1) is 12.8. The molecule has 0 spiro atoms. The number of rotatable bonds is 4. The van der Waals surface area contributed by atoms with Crippen LogP contribution < -0.4 is 10.1 Å². The second-order valence-electron chi connectivity index (χ2n) is 5.67. The summed E-state index contributed by atoms with van der Waals surface area (Å²) in [7, 11) is 0. The van der Waals surface area contributed by atoms with Gasteiger partial charge in [0.05, 0.1) is 11.3 Å². The number of benzene rings is 2. The molecule has 0 aliphatic heterocycles. The standard InChI is InChI=1S/C19H14F3N3O2/c1-12-5-10-17(25-24-12)27-16-4-2-3-13(11-16)18(26)23-15-8-6-14(7-9-15)19(20,21)22/h2-11H,1H3,(H,23,26). The number of ether oxygens (including phenoxy) is 1. The maximum atomic E-state index is 12.6. The van der Waals surface area contributed by atoms with E-state index in [1.54, 1.807) is 37.3 Å². The molecule has 1 amide bonds. The van der Waals surface area contributed by atoms with Crippen molar-refractivity contribution in [1.82, 2.24) is 10.2 Å². The van der Waals surface area contributed by atoms with E-state index in [0.29, 0.717) is 5.75 Å². The van der Waals surface area contributed by atoms with E-state index in [2.05, 4.69) is 15.5 Å². The molecule has 138 valence electrons. The average Bonchev–Trinajstić information content (AvgIpc) is 2.63. The Hall–Kier alpha value is -3.42. The van der Waals surface area contributed by atoms with E-state index >= 15 is 0 Å². The van der Waals surface area contributed by atoms with Crippen LogP contribution in [-0.2, 0) is 6.18 Å². The molecule has 1 aromatic heterocycles. The van der Waals surface area contributed by atoms with Gasteiger partial charge >= 0.3 is 6.18 Å². The van der Waals surface area contributed by atoms with Crippen LogP contribution in [0.2, 0.25) is 0 Å². The van der Waals surface area contributed by atoms with Gasteiger partial charge in [-0.3, -0.25) is 4.79 Å². The first kappa shape index (κ1) is 18.4. The molecule has 0 aliphatic rings. The molecule has 0 saturated carbocycles. The van der Waals surface area contributed by atoms with E-state index in [1.807, 2.05) is 0 Å². The molecule has 3 rings (SSSR count). The highest BCUT2D eigenvalue weighted by Gasteiger charge is 2.30. The number of nitrogens with zero attached hydrogens (tertiary/aromatic N) is 2.